The van der Waals surface area contributed by atoms with Crippen LogP contribution in [0.1, 0.15) is 39.8 Å². The summed E-state index contributed by atoms with van der Waals surface area (Å²) in [5.74, 6) is 0. The van der Waals surface area contributed by atoms with Gasteiger partial charge < -0.3 is 0 Å². The first-order chi connectivity index (χ1) is 14.7. The molecule has 2 aromatic carbocycles. The average Bonchev–Trinajstić information content (AvgIpc) is 2.67. The summed E-state index contributed by atoms with van der Waals surface area (Å²) in [6.45, 7) is 12.7. The van der Waals surface area contributed by atoms with Gasteiger partial charge in [-0.05, 0) is 70.2 Å². The van der Waals surface area contributed by atoms with Gasteiger partial charge in [0.05, 0.1) is 11.4 Å². The Morgan fingerprint density at radius 2 is 1.03 bits per heavy atom. The molecule has 2 nitrogen and oxygen atoms in total. The molecule has 31 heavy (non-hydrogen) atoms. The first-order valence-corrected chi connectivity index (χ1v) is 13.8. The van der Waals surface area contributed by atoms with Crippen LogP contribution in [0.25, 0.3) is 0 Å². The Morgan fingerprint density at radius 1 is 0.710 bits per heavy atom. The Labute approximate surface area is 205 Å². The molecular weight excluding hydrogens is 487 g/mol. The van der Waals surface area contributed by atoms with E-state index in [2.05, 4.69) is 78.0 Å². The Kier molecular flexibility index (Phi) is 10.6. The average molecular weight is 515 g/mol. The molecule has 0 radical (unpaired) electrons. The maximum atomic E-state index is 4.77. The predicted molar refractivity (Wildman–Crippen MR) is 138 cm³/mol. The van der Waals surface area contributed by atoms with Gasteiger partial charge in [-0.2, -0.15) is 0 Å². The van der Waals surface area contributed by atoms with Gasteiger partial charge in [0.2, 0.25) is 0 Å². The van der Waals surface area contributed by atoms with Crippen molar-refractivity contribution in [2.45, 2.75) is 48.0 Å². The third kappa shape index (κ3) is 7.96. The second kappa shape index (κ2) is 12.7. The van der Waals surface area contributed by atoms with E-state index in [4.69, 9.17) is 30.2 Å². The van der Waals surface area contributed by atoms with E-state index in [0.29, 0.717) is 0 Å². The van der Waals surface area contributed by atoms with Crippen molar-refractivity contribution in [2.75, 3.05) is 0 Å². The number of rotatable bonds is 4. The van der Waals surface area contributed by atoms with Gasteiger partial charge in [-0.15, -0.1) is 0 Å². The Morgan fingerprint density at radius 3 is 1.35 bits per heavy atom. The second-order valence-corrected chi connectivity index (χ2v) is 10.6. The molecule has 1 heterocycles. The molecule has 0 saturated carbocycles. The molecule has 0 bridgehead atoms. The van der Waals surface area contributed by atoms with E-state index >= 15 is 0 Å². The minimum atomic E-state index is 0.194. The van der Waals surface area contributed by atoms with Crippen LogP contribution in [0.2, 0.25) is 0 Å². The van der Waals surface area contributed by atoms with Gasteiger partial charge in [-0.25, -0.2) is 0 Å². The summed E-state index contributed by atoms with van der Waals surface area (Å²) in [4.78, 5) is 11.9. The summed E-state index contributed by atoms with van der Waals surface area (Å²) >= 11 is 1.92. The Hall–Kier alpha value is -1.29. The fourth-order valence-corrected chi connectivity index (χ4v) is 4.52. The fourth-order valence-electron chi connectivity index (χ4n) is 3.68. The zero-order chi connectivity index (χ0) is 23.0. The van der Waals surface area contributed by atoms with Crippen LogP contribution in [0.4, 0.5) is 11.4 Å². The molecule has 6 heteroatoms. The van der Waals surface area contributed by atoms with Gasteiger partial charge in [0, 0.05) is 22.2 Å². The fraction of sp³-hybridized carbons (Fsp3) is 0.280. The van der Waals surface area contributed by atoms with Crippen LogP contribution in [-0.4, -0.2) is 12.4 Å². The molecule has 0 atom stereocenters. The van der Waals surface area contributed by atoms with Crippen LogP contribution >= 0.6 is 32.0 Å². The van der Waals surface area contributed by atoms with Crippen molar-refractivity contribution < 1.29 is 13.1 Å². The van der Waals surface area contributed by atoms with Gasteiger partial charge in [-0.3, -0.25) is 9.98 Å². The number of hydrogen-bond donors (Lipinski definition) is 0. The van der Waals surface area contributed by atoms with Crippen LogP contribution in [0.3, 0.4) is 0 Å². The third-order valence-corrected chi connectivity index (χ3v) is 5.80. The predicted octanol–water partition coefficient (Wildman–Crippen LogP) is 8.92. The molecule has 0 amide bonds. The number of benzene rings is 2. The molecule has 0 saturated heterocycles. The van der Waals surface area contributed by atoms with E-state index in [0.717, 1.165) is 17.8 Å². The van der Waals surface area contributed by atoms with Crippen LogP contribution in [0.15, 0.2) is 56.2 Å². The van der Waals surface area contributed by atoms with Gasteiger partial charge >= 0.3 is 33.3 Å². The van der Waals surface area contributed by atoms with E-state index in [1.807, 2.05) is 12.4 Å². The van der Waals surface area contributed by atoms with Crippen molar-refractivity contribution in [3.05, 3.63) is 79.6 Å². The summed E-state index contributed by atoms with van der Waals surface area (Å²) in [5.41, 5.74) is 9.59. The molecule has 0 fully saturated rings. The summed E-state index contributed by atoms with van der Waals surface area (Å²) in [6.07, 6.45) is 9.31. The van der Waals surface area contributed by atoms with E-state index < -0.39 is 0 Å². The molecule has 0 unspecified atom stereocenters. The zero-order valence-electron chi connectivity index (χ0n) is 18.7. The van der Waals surface area contributed by atoms with Crippen molar-refractivity contribution in [1.29, 1.82) is 0 Å². The van der Waals surface area contributed by atoms with Gasteiger partial charge in [0.1, 0.15) is 0 Å². The molecule has 3 rings (SSSR count). The normalized spacial score (nSPS) is 13.9. The Bertz CT molecular complexity index is 928. The minimum absolute atomic E-state index is 0.194. The number of aryl methyl sites for hydroxylation is 6. The summed E-state index contributed by atoms with van der Waals surface area (Å²) in [6, 6.07) is 8.75. The number of allylic oxidation sites excluding steroid dienone is 4. The molecule has 1 aliphatic rings. The van der Waals surface area contributed by atoms with Crippen LogP contribution in [0.5, 0.6) is 0 Å². The monoisotopic (exact) mass is 514 g/mol. The number of nitrogens with zero attached hydrogens (tertiary/aromatic N) is 2. The second-order valence-electron chi connectivity index (χ2n) is 7.61. The van der Waals surface area contributed by atoms with Crippen LogP contribution in [0, 0.1) is 41.5 Å². The summed E-state index contributed by atoms with van der Waals surface area (Å²) in [7, 11) is 9.53. The van der Waals surface area contributed by atoms with Crippen molar-refractivity contribution in [2.24, 2.45) is 9.98 Å². The van der Waals surface area contributed by atoms with Crippen LogP contribution in [-0.2, 0) is 13.1 Å². The van der Waals surface area contributed by atoms with Crippen molar-refractivity contribution in [3.63, 3.8) is 0 Å². The molecular formula is C25H28Cl2FeN2S. The molecule has 166 valence electrons. The van der Waals surface area contributed by atoms with Gasteiger partial charge in [0.15, 0.2) is 0 Å². The van der Waals surface area contributed by atoms with Gasteiger partial charge in [-0.1, -0.05) is 59.3 Å². The quantitative estimate of drug-likeness (QED) is 0.295. The molecule has 1 aliphatic heterocycles. The summed E-state index contributed by atoms with van der Waals surface area (Å²) in [5, 5.41) is 0. The van der Waals surface area contributed by atoms with E-state index in [-0.39, 0.29) is 13.1 Å². The first-order valence-electron chi connectivity index (χ1n) is 9.92. The number of thioether (sulfide) groups is 1. The van der Waals surface area contributed by atoms with Crippen LogP contribution < -0.4 is 0 Å². The van der Waals surface area contributed by atoms with Crippen molar-refractivity contribution in [3.8, 4) is 0 Å². The molecule has 2 aromatic rings. The SMILES string of the molecule is Cc1cc(C)c(N=CC2=CCC=C(C=Nc3c(C)cc(C)cc3C)S2)c(C)c1.[Cl][Fe][Cl]. The Balaban J connectivity index is 0.00000107. The maximum absolute atomic E-state index is 4.77. The molecule has 0 spiro atoms. The topological polar surface area (TPSA) is 24.7 Å². The third-order valence-electron chi connectivity index (χ3n) is 4.79. The first kappa shape index (κ1) is 26.0. The number of hydrogen-bond acceptors (Lipinski definition) is 3. The molecule has 0 N–H and O–H groups in total. The molecule has 0 aromatic heterocycles. The van der Waals surface area contributed by atoms with Crippen molar-refractivity contribution >= 4 is 55.8 Å². The summed E-state index contributed by atoms with van der Waals surface area (Å²) < 4.78 is 0. The van der Waals surface area contributed by atoms with E-state index in [1.165, 1.54) is 43.2 Å². The van der Waals surface area contributed by atoms with E-state index in [1.54, 1.807) is 11.8 Å². The molecule has 0 aliphatic carbocycles. The number of halogens is 2. The standard InChI is InChI=1S/C25H28N2S.2ClH.Fe/c1-16-10-18(3)24(19(4)11-16)26-14-22-8-7-9-23(28-22)15-27-25-20(5)12-17(2)13-21(25)6;;;/h8-15H,7H2,1-6H3;2*1H;/q;;;+2/p-2. The number of aliphatic imine (C=N–C) groups is 2. The van der Waals surface area contributed by atoms with Gasteiger partial charge in [0.25, 0.3) is 0 Å². The zero-order valence-corrected chi connectivity index (χ0v) is 22.2. The van der Waals surface area contributed by atoms with Crippen molar-refractivity contribution in [1.82, 2.24) is 0 Å². The van der Waals surface area contributed by atoms with E-state index in [9.17, 15) is 0 Å².